The summed E-state index contributed by atoms with van der Waals surface area (Å²) in [4.78, 5) is 0. The summed E-state index contributed by atoms with van der Waals surface area (Å²) in [5.74, 6) is 0.955. The fourth-order valence-electron chi connectivity index (χ4n) is 2.57. The molecule has 0 amide bonds. The summed E-state index contributed by atoms with van der Waals surface area (Å²) < 4.78 is 19.1. The SMILES string of the molecule is CNC(Cc1cccc(OC)c1F)CC1CCC1. The van der Waals surface area contributed by atoms with Crippen LogP contribution in [0.25, 0.3) is 0 Å². The third-order valence-corrected chi connectivity index (χ3v) is 3.98. The first-order chi connectivity index (χ1) is 8.74. The van der Waals surface area contributed by atoms with Gasteiger partial charge in [0.1, 0.15) is 0 Å². The van der Waals surface area contributed by atoms with Crippen LogP contribution in [0.1, 0.15) is 31.2 Å². The summed E-state index contributed by atoms with van der Waals surface area (Å²) in [5, 5.41) is 3.31. The quantitative estimate of drug-likeness (QED) is 0.838. The van der Waals surface area contributed by atoms with E-state index in [0.29, 0.717) is 11.8 Å². The molecular weight excluding hydrogens is 229 g/mol. The zero-order chi connectivity index (χ0) is 13.0. The van der Waals surface area contributed by atoms with Crippen LogP contribution in [0, 0.1) is 11.7 Å². The molecule has 1 unspecified atom stereocenters. The maximum absolute atomic E-state index is 14.1. The van der Waals surface area contributed by atoms with Gasteiger partial charge in [0, 0.05) is 6.04 Å². The van der Waals surface area contributed by atoms with Gasteiger partial charge in [0.15, 0.2) is 11.6 Å². The summed E-state index contributed by atoms with van der Waals surface area (Å²) >= 11 is 0. The smallest absolute Gasteiger partial charge is 0.168 e. The highest BCUT2D eigenvalue weighted by Gasteiger charge is 2.22. The van der Waals surface area contributed by atoms with Crippen LogP contribution in [0.4, 0.5) is 4.39 Å². The topological polar surface area (TPSA) is 21.3 Å². The molecule has 1 aliphatic rings. The number of hydrogen-bond donors (Lipinski definition) is 1. The van der Waals surface area contributed by atoms with Gasteiger partial charge < -0.3 is 10.1 Å². The van der Waals surface area contributed by atoms with Gasteiger partial charge in [0.05, 0.1) is 7.11 Å². The van der Waals surface area contributed by atoms with E-state index >= 15 is 0 Å². The number of methoxy groups -OCH3 is 1. The Balaban J connectivity index is 2.01. The molecule has 1 saturated carbocycles. The fourth-order valence-corrected chi connectivity index (χ4v) is 2.57. The molecular formula is C15H22FNO. The number of hydrogen-bond acceptors (Lipinski definition) is 2. The monoisotopic (exact) mass is 251 g/mol. The van der Waals surface area contributed by atoms with Crippen LogP contribution >= 0.6 is 0 Å². The van der Waals surface area contributed by atoms with Crippen LogP contribution in [0.15, 0.2) is 18.2 Å². The molecule has 0 radical (unpaired) electrons. The Morgan fingerprint density at radius 2 is 2.22 bits per heavy atom. The van der Waals surface area contributed by atoms with Gasteiger partial charge in [-0.1, -0.05) is 31.4 Å². The van der Waals surface area contributed by atoms with Crippen molar-refractivity contribution in [2.45, 2.75) is 38.1 Å². The van der Waals surface area contributed by atoms with E-state index in [-0.39, 0.29) is 5.82 Å². The third kappa shape index (κ3) is 3.02. The fraction of sp³-hybridized carbons (Fsp3) is 0.600. The minimum absolute atomic E-state index is 0.214. The van der Waals surface area contributed by atoms with Gasteiger partial charge in [-0.05, 0) is 37.4 Å². The Morgan fingerprint density at radius 3 is 2.78 bits per heavy atom. The highest BCUT2D eigenvalue weighted by atomic mass is 19.1. The Kier molecular flexibility index (Phi) is 4.59. The molecule has 2 nitrogen and oxygen atoms in total. The largest absolute Gasteiger partial charge is 0.494 e. The molecule has 1 N–H and O–H groups in total. The lowest BCUT2D eigenvalue weighted by molar-refractivity contribution is 0.262. The lowest BCUT2D eigenvalue weighted by Gasteiger charge is -2.29. The summed E-state index contributed by atoms with van der Waals surface area (Å²) in [6.07, 6.45) is 5.90. The molecule has 1 aromatic rings. The predicted molar refractivity (Wildman–Crippen MR) is 71.5 cm³/mol. The molecule has 0 aliphatic heterocycles. The second kappa shape index (κ2) is 6.19. The number of nitrogens with one attached hydrogen (secondary N) is 1. The van der Waals surface area contributed by atoms with Gasteiger partial charge in [-0.15, -0.1) is 0 Å². The Labute approximate surface area is 109 Å². The summed E-state index contributed by atoms with van der Waals surface area (Å²) in [7, 11) is 3.47. The van der Waals surface area contributed by atoms with E-state index in [0.717, 1.165) is 24.3 Å². The second-order valence-corrected chi connectivity index (χ2v) is 5.16. The third-order valence-electron chi connectivity index (χ3n) is 3.98. The van der Waals surface area contributed by atoms with Crippen molar-refractivity contribution in [2.75, 3.05) is 14.2 Å². The van der Waals surface area contributed by atoms with Gasteiger partial charge in [-0.25, -0.2) is 4.39 Å². The molecule has 18 heavy (non-hydrogen) atoms. The molecule has 100 valence electrons. The molecule has 2 rings (SSSR count). The summed E-state index contributed by atoms with van der Waals surface area (Å²) in [5.41, 5.74) is 0.744. The number of halogens is 1. The van der Waals surface area contributed by atoms with Crippen molar-refractivity contribution in [3.8, 4) is 5.75 Å². The lowest BCUT2D eigenvalue weighted by atomic mass is 9.80. The lowest BCUT2D eigenvalue weighted by Crippen LogP contribution is -2.32. The minimum Gasteiger partial charge on any atom is -0.494 e. The van der Waals surface area contributed by atoms with E-state index in [4.69, 9.17) is 4.74 Å². The van der Waals surface area contributed by atoms with E-state index in [1.54, 1.807) is 6.07 Å². The zero-order valence-electron chi connectivity index (χ0n) is 11.2. The van der Waals surface area contributed by atoms with Crippen molar-refractivity contribution in [3.63, 3.8) is 0 Å². The molecule has 0 heterocycles. The molecule has 1 aromatic carbocycles. The van der Waals surface area contributed by atoms with Crippen LogP contribution < -0.4 is 10.1 Å². The van der Waals surface area contributed by atoms with Gasteiger partial charge in [0.25, 0.3) is 0 Å². The van der Waals surface area contributed by atoms with Crippen LogP contribution in [-0.4, -0.2) is 20.2 Å². The zero-order valence-corrected chi connectivity index (χ0v) is 11.2. The molecule has 1 atom stereocenters. The van der Waals surface area contributed by atoms with Crippen molar-refractivity contribution < 1.29 is 9.13 Å². The summed E-state index contributed by atoms with van der Waals surface area (Å²) in [6, 6.07) is 5.73. The molecule has 0 bridgehead atoms. The van der Waals surface area contributed by atoms with E-state index < -0.39 is 0 Å². The average molecular weight is 251 g/mol. The van der Waals surface area contributed by atoms with Gasteiger partial charge >= 0.3 is 0 Å². The first kappa shape index (κ1) is 13.3. The predicted octanol–water partition coefficient (Wildman–Crippen LogP) is 3.16. The number of rotatable bonds is 6. The van der Waals surface area contributed by atoms with Crippen molar-refractivity contribution in [2.24, 2.45) is 5.92 Å². The number of ether oxygens (including phenoxy) is 1. The van der Waals surface area contributed by atoms with Crippen molar-refractivity contribution in [3.05, 3.63) is 29.6 Å². The van der Waals surface area contributed by atoms with Gasteiger partial charge in [-0.2, -0.15) is 0 Å². The first-order valence-corrected chi connectivity index (χ1v) is 6.73. The molecule has 0 spiro atoms. The molecule has 1 fully saturated rings. The van der Waals surface area contributed by atoms with E-state index in [9.17, 15) is 4.39 Å². The Morgan fingerprint density at radius 1 is 1.44 bits per heavy atom. The summed E-state index contributed by atoms with van der Waals surface area (Å²) in [6.45, 7) is 0. The minimum atomic E-state index is -0.214. The van der Waals surface area contributed by atoms with Gasteiger partial charge in [0.2, 0.25) is 0 Å². The van der Waals surface area contributed by atoms with E-state index in [2.05, 4.69) is 5.32 Å². The van der Waals surface area contributed by atoms with Crippen LogP contribution in [0.3, 0.4) is 0 Å². The molecule has 0 aromatic heterocycles. The van der Waals surface area contributed by atoms with Crippen LogP contribution in [0.2, 0.25) is 0 Å². The highest BCUT2D eigenvalue weighted by molar-refractivity contribution is 5.31. The van der Waals surface area contributed by atoms with Crippen molar-refractivity contribution in [1.29, 1.82) is 0 Å². The maximum atomic E-state index is 14.1. The second-order valence-electron chi connectivity index (χ2n) is 5.16. The number of likely N-dealkylation sites (N-methyl/N-ethyl adjacent to an activating group) is 1. The molecule has 3 heteroatoms. The van der Waals surface area contributed by atoms with E-state index in [1.807, 2.05) is 19.2 Å². The Hall–Kier alpha value is -1.09. The standard InChI is InChI=1S/C15H22FNO/c1-17-13(9-11-5-3-6-11)10-12-7-4-8-14(18-2)15(12)16/h4,7-8,11,13,17H,3,5-6,9-10H2,1-2H3. The van der Waals surface area contributed by atoms with Crippen LogP contribution in [-0.2, 0) is 6.42 Å². The van der Waals surface area contributed by atoms with Crippen molar-refractivity contribution in [1.82, 2.24) is 5.32 Å². The van der Waals surface area contributed by atoms with Gasteiger partial charge in [-0.3, -0.25) is 0 Å². The Bertz CT molecular complexity index is 390. The first-order valence-electron chi connectivity index (χ1n) is 6.73. The van der Waals surface area contributed by atoms with Crippen molar-refractivity contribution >= 4 is 0 Å². The molecule has 0 saturated heterocycles. The van der Waals surface area contributed by atoms with E-state index in [1.165, 1.54) is 26.4 Å². The van der Waals surface area contributed by atoms with Crippen LogP contribution in [0.5, 0.6) is 5.75 Å². The number of benzene rings is 1. The normalized spacial score (nSPS) is 17.3. The highest BCUT2D eigenvalue weighted by Crippen LogP contribution is 2.31. The molecule has 1 aliphatic carbocycles. The average Bonchev–Trinajstić information content (AvgIpc) is 2.34. The maximum Gasteiger partial charge on any atom is 0.168 e.